The van der Waals surface area contributed by atoms with Gasteiger partial charge in [-0.05, 0) is 94.5 Å². The number of hydrogen-bond acceptors (Lipinski definition) is 14. The Hall–Kier alpha value is -7.60. The molecule has 0 bridgehead atoms. The molecule has 18 heteroatoms. The summed E-state index contributed by atoms with van der Waals surface area (Å²) >= 11 is 0. The number of esters is 3. The fraction of sp³-hybridized carbons (Fsp3) is 0.429. The number of amides is 4. The van der Waals surface area contributed by atoms with E-state index in [-0.39, 0.29) is 63.7 Å². The number of rotatable bonds is 14. The highest BCUT2D eigenvalue weighted by atomic mass is 16.6. The quantitative estimate of drug-likeness (QED) is 0.108. The van der Waals surface area contributed by atoms with E-state index in [0.29, 0.717) is 28.7 Å². The zero-order valence-electron chi connectivity index (χ0n) is 39.0. The van der Waals surface area contributed by atoms with Gasteiger partial charge in [0, 0.05) is 43.3 Å². The lowest BCUT2D eigenvalue weighted by molar-refractivity contribution is -0.150. The maximum absolute atomic E-state index is 13.4. The van der Waals surface area contributed by atoms with E-state index in [1.54, 1.807) is 65.8 Å². The molecule has 18 nitrogen and oxygen atoms in total. The van der Waals surface area contributed by atoms with Gasteiger partial charge in [0.05, 0.1) is 33.1 Å². The normalized spacial score (nSPS) is 14.1. The molecule has 2 atom stereocenters. The lowest BCUT2D eigenvalue weighted by atomic mass is 10.0. The summed E-state index contributed by atoms with van der Waals surface area (Å²) < 4.78 is 30.8. The molecule has 2 heterocycles. The number of anilines is 1. The van der Waals surface area contributed by atoms with Crippen molar-refractivity contribution in [1.29, 1.82) is 0 Å². The van der Waals surface area contributed by atoms with Gasteiger partial charge in [0.25, 0.3) is 0 Å². The Morgan fingerprint density at radius 3 is 1.99 bits per heavy atom. The molecule has 4 rings (SSSR count). The molecule has 0 saturated carbocycles. The van der Waals surface area contributed by atoms with Crippen LogP contribution in [0.1, 0.15) is 87.8 Å². The average molecular weight is 924 g/mol. The fourth-order valence-electron chi connectivity index (χ4n) is 6.46. The number of nitrogens with one attached hydrogen (secondary N) is 3. The number of nitrogens with zero attached hydrogens (tertiary/aromatic N) is 2. The Morgan fingerprint density at radius 2 is 1.36 bits per heavy atom. The van der Waals surface area contributed by atoms with Gasteiger partial charge in [-0.15, -0.1) is 0 Å². The van der Waals surface area contributed by atoms with Crippen molar-refractivity contribution in [2.75, 3.05) is 39.3 Å². The van der Waals surface area contributed by atoms with E-state index in [4.69, 9.17) is 28.4 Å². The molecular weight excluding hydrogens is 867 g/mol. The Kier molecular flexibility index (Phi) is 19.1. The van der Waals surface area contributed by atoms with Crippen molar-refractivity contribution in [3.05, 3.63) is 94.2 Å². The van der Waals surface area contributed by atoms with Crippen LogP contribution in [0.4, 0.5) is 20.2 Å². The number of alkyl carbamates (subject to hydrolysis) is 2. The molecule has 67 heavy (non-hydrogen) atoms. The molecule has 3 aromatic rings. The smallest absolute Gasteiger partial charge is 0.413 e. The van der Waals surface area contributed by atoms with Crippen molar-refractivity contribution in [1.82, 2.24) is 20.5 Å². The van der Waals surface area contributed by atoms with Gasteiger partial charge in [-0.1, -0.05) is 54.0 Å². The molecule has 3 N–H and O–H groups in total. The van der Waals surface area contributed by atoms with Gasteiger partial charge in [-0.25, -0.2) is 24.2 Å². The van der Waals surface area contributed by atoms with Gasteiger partial charge in [0.2, 0.25) is 5.91 Å². The molecule has 1 aliphatic rings. The topological polar surface area (TPSA) is 227 Å². The number of aryl methyl sites for hydroxylation is 1. The number of ether oxygens (including phenoxy) is 6. The molecule has 2 unspecified atom stereocenters. The van der Waals surface area contributed by atoms with Crippen molar-refractivity contribution < 1.29 is 62.0 Å². The number of hydrogen-bond donors (Lipinski definition) is 3. The molecule has 1 aromatic heterocycles. The number of pyridine rings is 1. The largest absolute Gasteiger partial charge is 0.469 e. The van der Waals surface area contributed by atoms with Crippen LogP contribution in [0.2, 0.25) is 0 Å². The van der Waals surface area contributed by atoms with Crippen molar-refractivity contribution in [3.63, 3.8) is 0 Å². The minimum atomic E-state index is -0.910. The third-order valence-corrected chi connectivity index (χ3v) is 9.29. The van der Waals surface area contributed by atoms with Gasteiger partial charge in [-0.2, -0.15) is 0 Å². The first-order valence-electron chi connectivity index (χ1n) is 21.3. The number of aromatic nitrogens is 1. The number of methoxy groups -OCH3 is 2. The summed E-state index contributed by atoms with van der Waals surface area (Å²) in [4.78, 5) is 93.0. The number of benzene rings is 2. The van der Waals surface area contributed by atoms with Gasteiger partial charge in [0.15, 0.2) is 13.2 Å². The third-order valence-electron chi connectivity index (χ3n) is 9.29. The first-order chi connectivity index (χ1) is 31.7. The number of likely N-dealkylation sites (tertiary alicyclic amines) is 1. The van der Waals surface area contributed by atoms with Crippen LogP contribution in [0, 0.1) is 23.7 Å². The van der Waals surface area contributed by atoms with E-state index in [1.165, 1.54) is 31.4 Å². The highest BCUT2D eigenvalue weighted by Gasteiger charge is 2.40. The third kappa shape index (κ3) is 19.2. The van der Waals surface area contributed by atoms with Gasteiger partial charge in [0.1, 0.15) is 23.1 Å². The van der Waals surface area contributed by atoms with Crippen molar-refractivity contribution in [2.24, 2.45) is 0 Å². The predicted octanol–water partition coefficient (Wildman–Crippen LogP) is 5.16. The highest BCUT2D eigenvalue weighted by molar-refractivity contribution is 5.86. The maximum atomic E-state index is 13.4. The first-order valence-corrected chi connectivity index (χ1v) is 21.3. The number of carbonyl (C=O) groups excluding carboxylic acids is 7. The second-order valence-corrected chi connectivity index (χ2v) is 17.2. The van der Waals surface area contributed by atoms with Gasteiger partial charge in [-0.3, -0.25) is 19.7 Å². The first kappa shape index (κ1) is 52.0. The van der Waals surface area contributed by atoms with Crippen LogP contribution in [-0.4, -0.2) is 109 Å². The minimum absolute atomic E-state index is 0.0527. The van der Waals surface area contributed by atoms with Crippen molar-refractivity contribution in [2.45, 2.75) is 103 Å². The highest BCUT2D eigenvalue weighted by Crippen LogP contribution is 2.22. The van der Waals surface area contributed by atoms with Crippen LogP contribution < -0.4 is 16.0 Å². The Morgan fingerprint density at radius 1 is 0.716 bits per heavy atom. The fourth-order valence-corrected chi connectivity index (χ4v) is 6.46. The zero-order chi connectivity index (χ0) is 49.1. The lowest BCUT2D eigenvalue weighted by Gasteiger charge is -2.22. The molecule has 4 amide bonds. The molecular formula is C49H57N5O13. The van der Waals surface area contributed by atoms with E-state index in [0.717, 1.165) is 11.1 Å². The Labute approximate surface area is 390 Å². The van der Waals surface area contributed by atoms with E-state index in [2.05, 4.69) is 44.6 Å². The monoisotopic (exact) mass is 923 g/mol. The maximum Gasteiger partial charge on any atom is 0.413 e. The molecule has 1 fully saturated rings. The van der Waals surface area contributed by atoms with Crippen LogP contribution in [-0.2, 0) is 73.4 Å². The Bertz CT molecular complexity index is 2400. The summed E-state index contributed by atoms with van der Waals surface area (Å²) in [6.07, 6.45) is -0.153. The van der Waals surface area contributed by atoms with E-state index in [1.807, 2.05) is 24.3 Å². The van der Waals surface area contributed by atoms with Crippen LogP contribution in [0.15, 0.2) is 60.8 Å². The second kappa shape index (κ2) is 24.6. The van der Waals surface area contributed by atoms with E-state index in [9.17, 15) is 33.6 Å². The standard InChI is InChI=1S/C49H57N5O13/c1-48(2,3)66-45(59)51-30-35-13-9-12-32(22-35)17-19-41(55)54-31-38(28-39(54)44(58)63-8)52-46(60)65-21-11-15-34-23-33(24-37(25-34)27-42(56)62-7)14-10-20-64-43(57)26-36-16-18-40(50-29-36)53-47(61)67-49(4,5)6/h9,12-13,16,18,22-25,29,38-39H,17,19-21,26-28,30-31H2,1-8H3,(H,51,59)(H,52,60)(H,50,53,61). The van der Waals surface area contributed by atoms with Crippen LogP contribution in [0.5, 0.6) is 0 Å². The number of carbonyl (C=O) groups is 7. The summed E-state index contributed by atoms with van der Waals surface area (Å²) in [5.41, 5.74) is 2.41. The lowest BCUT2D eigenvalue weighted by Crippen LogP contribution is -2.42. The van der Waals surface area contributed by atoms with Crippen molar-refractivity contribution >= 4 is 47.9 Å². The van der Waals surface area contributed by atoms with E-state index >= 15 is 0 Å². The van der Waals surface area contributed by atoms with Gasteiger partial charge >= 0.3 is 36.2 Å². The van der Waals surface area contributed by atoms with Crippen molar-refractivity contribution in [3.8, 4) is 23.7 Å². The molecule has 0 radical (unpaired) electrons. The summed E-state index contributed by atoms with van der Waals surface area (Å²) in [6, 6.07) is 14.0. The molecule has 1 aliphatic heterocycles. The van der Waals surface area contributed by atoms with Crippen LogP contribution in [0.3, 0.4) is 0 Å². The zero-order valence-corrected chi connectivity index (χ0v) is 39.0. The van der Waals surface area contributed by atoms with Crippen LogP contribution in [0.25, 0.3) is 0 Å². The molecule has 1 saturated heterocycles. The van der Waals surface area contributed by atoms with E-state index < -0.39 is 59.5 Å². The minimum Gasteiger partial charge on any atom is -0.469 e. The van der Waals surface area contributed by atoms with Crippen LogP contribution >= 0.6 is 0 Å². The predicted molar refractivity (Wildman–Crippen MR) is 243 cm³/mol. The van der Waals surface area contributed by atoms with Gasteiger partial charge < -0.3 is 44.0 Å². The summed E-state index contributed by atoms with van der Waals surface area (Å²) in [6.45, 7) is 10.3. The molecule has 2 aromatic carbocycles. The molecule has 0 spiro atoms. The average Bonchev–Trinajstić information content (AvgIpc) is 3.68. The molecule has 356 valence electrons. The molecule has 0 aliphatic carbocycles. The Balaban J connectivity index is 1.28. The summed E-state index contributed by atoms with van der Waals surface area (Å²) in [7, 11) is 2.50. The SMILES string of the molecule is COC(=O)Cc1cc(C#CCOC(=O)Cc2ccc(NC(=O)OC(C)(C)C)nc2)cc(C#CCOC(=O)NC2CC(C(=O)OC)N(C(=O)CCc3cccc(CNC(=O)OC(C)(C)C)c3)C2)c1. The second-order valence-electron chi connectivity index (χ2n) is 17.2. The summed E-state index contributed by atoms with van der Waals surface area (Å²) in [5.74, 6) is 9.64. The summed E-state index contributed by atoms with van der Waals surface area (Å²) in [5, 5.41) is 7.93.